The number of aromatic amines is 1. The van der Waals surface area contributed by atoms with Crippen molar-refractivity contribution >= 4 is 10.9 Å². The molecule has 0 amide bonds. The molecular weight excluding hydrogens is 298 g/mol. The Bertz CT molecular complexity index is 1040. The fourth-order valence-corrected chi connectivity index (χ4v) is 2.91. The van der Waals surface area contributed by atoms with E-state index in [0.29, 0.717) is 23.0 Å². The van der Waals surface area contributed by atoms with Gasteiger partial charge in [0.05, 0.1) is 5.39 Å². The third-order valence-corrected chi connectivity index (χ3v) is 4.04. The van der Waals surface area contributed by atoms with E-state index < -0.39 is 0 Å². The first-order chi connectivity index (χ1) is 11.8. The summed E-state index contributed by atoms with van der Waals surface area (Å²) in [7, 11) is 0. The second-order valence-corrected chi connectivity index (χ2v) is 5.62. The molecule has 2 aromatic carbocycles. The van der Waals surface area contributed by atoms with Gasteiger partial charge in [0.2, 0.25) is 0 Å². The Morgan fingerprint density at radius 2 is 1.58 bits per heavy atom. The average molecular weight is 313 g/mol. The van der Waals surface area contributed by atoms with Crippen molar-refractivity contribution in [1.82, 2.24) is 15.2 Å². The third-order valence-electron chi connectivity index (χ3n) is 4.04. The van der Waals surface area contributed by atoms with Crippen LogP contribution in [0.25, 0.3) is 22.2 Å². The van der Waals surface area contributed by atoms with Gasteiger partial charge in [0.15, 0.2) is 0 Å². The molecule has 0 saturated carbocycles. The number of rotatable bonds is 3. The molecule has 0 radical (unpaired) electrons. The van der Waals surface area contributed by atoms with Crippen LogP contribution in [0.15, 0.2) is 77.7 Å². The number of fused-ring (bicyclic) bond motifs is 1. The Hall–Kier alpha value is -3.27. The molecule has 24 heavy (non-hydrogen) atoms. The lowest BCUT2D eigenvalue weighted by atomic mass is 10.0. The molecule has 1 N–H and O–H groups in total. The summed E-state index contributed by atoms with van der Waals surface area (Å²) in [6.07, 6.45) is 2.43. The summed E-state index contributed by atoms with van der Waals surface area (Å²) in [4.78, 5) is 16.9. The third kappa shape index (κ3) is 2.58. The number of hydrogen-bond acceptors (Lipinski definition) is 3. The van der Waals surface area contributed by atoms with Gasteiger partial charge in [0.1, 0.15) is 11.2 Å². The van der Waals surface area contributed by atoms with Gasteiger partial charge >= 0.3 is 0 Å². The zero-order chi connectivity index (χ0) is 16.4. The van der Waals surface area contributed by atoms with Gasteiger partial charge in [-0.15, -0.1) is 0 Å². The molecule has 0 aliphatic rings. The van der Waals surface area contributed by atoms with Crippen molar-refractivity contribution in [1.29, 1.82) is 0 Å². The van der Waals surface area contributed by atoms with E-state index in [-0.39, 0.29) is 5.56 Å². The molecule has 0 aliphatic carbocycles. The first kappa shape index (κ1) is 14.3. The van der Waals surface area contributed by atoms with E-state index in [0.717, 1.165) is 16.7 Å². The summed E-state index contributed by atoms with van der Waals surface area (Å²) < 4.78 is 0. The number of nitrogens with one attached hydrogen (secondary N) is 1. The highest BCUT2D eigenvalue weighted by Gasteiger charge is 2.13. The molecule has 116 valence electrons. The molecule has 0 saturated heterocycles. The van der Waals surface area contributed by atoms with Crippen LogP contribution in [-0.2, 0) is 6.42 Å². The molecule has 4 heteroatoms. The van der Waals surface area contributed by atoms with Gasteiger partial charge in [-0.1, -0.05) is 60.7 Å². The molecule has 0 aliphatic heterocycles. The molecular formula is C20H15N3O. The second-order valence-electron chi connectivity index (χ2n) is 5.62. The van der Waals surface area contributed by atoms with E-state index in [1.54, 1.807) is 6.20 Å². The Balaban J connectivity index is 1.93. The fourth-order valence-electron chi connectivity index (χ4n) is 2.91. The number of benzene rings is 2. The van der Waals surface area contributed by atoms with E-state index in [9.17, 15) is 4.79 Å². The SMILES string of the molecule is O=c1[nH]nc(-c2ccccc2)c2nccc(Cc3ccccc3)c12. The van der Waals surface area contributed by atoms with Crippen LogP contribution in [0.2, 0.25) is 0 Å². The number of H-pyrrole nitrogens is 1. The van der Waals surface area contributed by atoms with Gasteiger partial charge in [-0.05, 0) is 23.6 Å². The quantitative estimate of drug-likeness (QED) is 0.629. The topological polar surface area (TPSA) is 58.6 Å². The normalized spacial score (nSPS) is 10.8. The van der Waals surface area contributed by atoms with Crippen LogP contribution in [0.5, 0.6) is 0 Å². The minimum Gasteiger partial charge on any atom is -0.267 e. The number of pyridine rings is 1. The molecule has 0 bridgehead atoms. The zero-order valence-electron chi connectivity index (χ0n) is 12.9. The van der Waals surface area contributed by atoms with E-state index >= 15 is 0 Å². The molecule has 0 atom stereocenters. The van der Waals surface area contributed by atoms with E-state index in [4.69, 9.17) is 0 Å². The van der Waals surface area contributed by atoms with E-state index in [1.807, 2.05) is 54.6 Å². The number of nitrogens with zero attached hydrogens (tertiary/aromatic N) is 2. The van der Waals surface area contributed by atoms with Crippen LogP contribution in [0.3, 0.4) is 0 Å². The van der Waals surface area contributed by atoms with Crippen molar-refractivity contribution < 1.29 is 0 Å². The Morgan fingerprint density at radius 1 is 0.875 bits per heavy atom. The summed E-state index contributed by atoms with van der Waals surface area (Å²) in [5.74, 6) is 0. The molecule has 4 aromatic rings. The first-order valence-corrected chi connectivity index (χ1v) is 7.78. The van der Waals surface area contributed by atoms with Crippen molar-refractivity contribution in [2.75, 3.05) is 0 Å². The molecule has 0 spiro atoms. The van der Waals surface area contributed by atoms with Crippen molar-refractivity contribution in [3.8, 4) is 11.3 Å². The van der Waals surface area contributed by atoms with E-state index in [2.05, 4.69) is 27.3 Å². The second kappa shape index (κ2) is 6.08. The molecule has 4 rings (SSSR count). The number of hydrogen-bond donors (Lipinski definition) is 1. The van der Waals surface area contributed by atoms with Crippen LogP contribution < -0.4 is 5.56 Å². The van der Waals surface area contributed by atoms with Crippen LogP contribution in [0.4, 0.5) is 0 Å². The smallest absolute Gasteiger partial charge is 0.267 e. The lowest BCUT2D eigenvalue weighted by molar-refractivity contribution is 1.01. The average Bonchev–Trinajstić information content (AvgIpc) is 2.64. The predicted molar refractivity (Wildman–Crippen MR) is 94.8 cm³/mol. The Morgan fingerprint density at radius 3 is 2.33 bits per heavy atom. The van der Waals surface area contributed by atoms with E-state index in [1.165, 1.54) is 0 Å². The largest absolute Gasteiger partial charge is 0.273 e. The highest BCUT2D eigenvalue weighted by atomic mass is 16.1. The molecule has 0 fully saturated rings. The van der Waals surface area contributed by atoms with Crippen molar-refractivity contribution in [3.63, 3.8) is 0 Å². The van der Waals surface area contributed by atoms with Gasteiger partial charge in [-0.2, -0.15) is 5.10 Å². The van der Waals surface area contributed by atoms with Gasteiger partial charge in [-0.25, -0.2) is 5.10 Å². The minimum absolute atomic E-state index is 0.205. The predicted octanol–water partition coefficient (Wildman–Crippen LogP) is 3.58. The lowest BCUT2D eigenvalue weighted by Gasteiger charge is -2.08. The lowest BCUT2D eigenvalue weighted by Crippen LogP contribution is -2.12. The van der Waals surface area contributed by atoms with Crippen LogP contribution in [-0.4, -0.2) is 15.2 Å². The van der Waals surface area contributed by atoms with Crippen molar-refractivity contribution in [2.24, 2.45) is 0 Å². The highest BCUT2D eigenvalue weighted by Crippen LogP contribution is 2.25. The standard InChI is InChI=1S/C20H15N3O/c24-20-17-16(13-14-7-3-1-4-8-14)11-12-21-19(17)18(22-23-20)15-9-5-2-6-10-15/h1-12H,13H2,(H,23,24). The molecule has 2 aromatic heterocycles. The monoisotopic (exact) mass is 313 g/mol. The molecule has 4 nitrogen and oxygen atoms in total. The van der Waals surface area contributed by atoms with Crippen LogP contribution in [0.1, 0.15) is 11.1 Å². The van der Waals surface area contributed by atoms with Crippen LogP contribution in [0, 0.1) is 0 Å². The van der Waals surface area contributed by atoms with Crippen molar-refractivity contribution in [2.45, 2.75) is 6.42 Å². The van der Waals surface area contributed by atoms with Crippen LogP contribution >= 0.6 is 0 Å². The summed E-state index contributed by atoms with van der Waals surface area (Å²) in [6.45, 7) is 0. The minimum atomic E-state index is -0.205. The maximum absolute atomic E-state index is 12.4. The summed E-state index contributed by atoms with van der Waals surface area (Å²) in [6, 6.07) is 21.8. The van der Waals surface area contributed by atoms with Gasteiger partial charge < -0.3 is 0 Å². The zero-order valence-corrected chi connectivity index (χ0v) is 12.9. The molecule has 2 heterocycles. The summed E-state index contributed by atoms with van der Waals surface area (Å²) in [5.41, 5.74) is 4.17. The van der Waals surface area contributed by atoms with Gasteiger partial charge in [-0.3, -0.25) is 9.78 Å². The summed E-state index contributed by atoms with van der Waals surface area (Å²) in [5, 5.41) is 7.45. The maximum atomic E-state index is 12.4. The summed E-state index contributed by atoms with van der Waals surface area (Å²) >= 11 is 0. The van der Waals surface area contributed by atoms with Crippen molar-refractivity contribution in [3.05, 3.63) is 94.4 Å². The van der Waals surface area contributed by atoms with Gasteiger partial charge in [0.25, 0.3) is 5.56 Å². The van der Waals surface area contributed by atoms with Gasteiger partial charge in [0, 0.05) is 11.8 Å². The fraction of sp³-hybridized carbons (Fsp3) is 0.0500. The molecule has 0 unspecified atom stereocenters. The highest BCUT2D eigenvalue weighted by molar-refractivity contribution is 5.92. The Labute approximate surface area is 138 Å². The Kier molecular flexibility index (Phi) is 3.63. The maximum Gasteiger partial charge on any atom is 0.273 e. The first-order valence-electron chi connectivity index (χ1n) is 7.78. The number of aromatic nitrogens is 3.